The smallest absolute Gasteiger partial charge is 0.252 e. The monoisotopic (exact) mass is 340 g/mol. The number of nitrogens with two attached hydrogens (primary N) is 2. The Morgan fingerprint density at radius 1 is 1.32 bits per heavy atom. The fourth-order valence-corrected chi connectivity index (χ4v) is 2.76. The molecule has 1 amide bonds. The number of carbonyl (C=O) groups excluding carboxylic acids is 1. The van der Waals surface area contributed by atoms with Crippen LogP contribution in [0.25, 0.3) is 22.6 Å². The molecule has 6 N–H and O–H groups in total. The number of pyridine rings is 2. The van der Waals surface area contributed by atoms with Crippen molar-refractivity contribution in [2.75, 3.05) is 12.3 Å². The largest absolute Gasteiger partial charge is 0.463 e. The maximum atomic E-state index is 11.9. The molecule has 8 heteroatoms. The Bertz CT molecular complexity index is 957. The molecular weight excluding hydrogens is 324 g/mol. The number of hydrogen-bond donors (Lipinski definition) is 4. The number of anilines is 1. The van der Waals surface area contributed by atoms with E-state index in [1.165, 1.54) is 18.5 Å². The van der Waals surface area contributed by atoms with Crippen LogP contribution in [0.5, 0.6) is 0 Å². The Morgan fingerprint density at radius 3 is 2.68 bits per heavy atom. The summed E-state index contributed by atoms with van der Waals surface area (Å²) >= 11 is 0. The van der Waals surface area contributed by atoms with Gasteiger partial charge >= 0.3 is 0 Å². The Balaban J connectivity index is 2.41. The summed E-state index contributed by atoms with van der Waals surface area (Å²) in [4.78, 5) is 30.1. The lowest BCUT2D eigenvalue weighted by Crippen LogP contribution is -2.19. The van der Waals surface area contributed by atoms with Gasteiger partial charge in [-0.15, -0.1) is 0 Å². The van der Waals surface area contributed by atoms with Gasteiger partial charge in [0.1, 0.15) is 11.5 Å². The summed E-state index contributed by atoms with van der Waals surface area (Å²) in [5, 5.41) is 9.46. The van der Waals surface area contributed by atoms with E-state index in [1.807, 2.05) is 0 Å². The molecule has 0 saturated carbocycles. The highest BCUT2D eigenvalue weighted by molar-refractivity contribution is 6.02. The van der Waals surface area contributed by atoms with E-state index in [4.69, 9.17) is 15.9 Å². The van der Waals surface area contributed by atoms with Gasteiger partial charge in [-0.2, -0.15) is 0 Å². The van der Waals surface area contributed by atoms with Crippen LogP contribution in [0.2, 0.25) is 0 Å². The molecule has 3 aromatic heterocycles. The third kappa shape index (κ3) is 3.02. The first kappa shape index (κ1) is 16.5. The first-order valence-electron chi connectivity index (χ1n) is 7.49. The average Bonchev–Trinajstić information content (AvgIpc) is 3.10. The quantitative estimate of drug-likeness (QED) is 0.542. The van der Waals surface area contributed by atoms with Crippen molar-refractivity contribution in [3.05, 3.63) is 58.2 Å². The van der Waals surface area contributed by atoms with E-state index in [1.54, 1.807) is 18.2 Å². The predicted molar refractivity (Wildman–Crippen MR) is 91.7 cm³/mol. The molecule has 0 bridgehead atoms. The summed E-state index contributed by atoms with van der Waals surface area (Å²) < 4.78 is 5.43. The summed E-state index contributed by atoms with van der Waals surface area (Å²) in [6.45, 7) is -0.225. The van der Waals surface area contributed by atoms with Crippen molar-refractivity contribution in [2.24, 2.45) is 5.73 Å². The van der Waals surface area contributed by atoms with Gasteiger partial charge < -0.3 is 26.0 Å². The number of nitrogens with zero attached hydrogens (tertiary/aromatic N) is 1. The topological polar surface area (TPSA) is 148 Å². The SMILES string of the molecule is NC(=O)c1c(N)nc(-c2ccco2)c(-c2ccc(=O)[nH]c2)c1CCO. The zero-order valence-electron chi connectivity index (χ0n) is 13.2. The highest BCUT2D eigenvalue weighted by Gasteiger charge is 2.24. The summed E-state index contributed by atoms with van der Waals surface area (Å²) in [5.41, 5.74) is 13.1. The average molecular weight is 340 g/mol. The van der Waals surface area contributed by atoms with E-state index < -0.39 is 5.91 Å². The number of aromatic nitrogens is 2. The molecule has 0 unspecified atom stereocenters. The van der Waals surface area contributed by atoms with Crippen molar-refractivity contribution in [3.63, 3.8) is 0 Å². The van der Waals surface area contributed by atoms with Crippen LogP contribution in [0.1, 0.15) is 15.9 Å². The second kappa shape index (κ2) is 6.62. The first-order chi connectivity index (χ1) is 12.0. The standard InChI is InChI=1S/C17H16N4O4/c18-16-14(17(19)24)10(5-6-22)13(9-3-4-12(23)20-8-9)15(21-16)11-2-1-7-25-11/h1-4,7-8,22H,5-6H2,(H2,18,21)(H2,19,24)(H,20,23). The van der Waals surface area contributed by atoms with Crippen LogP contribution in [-0.4, -0.2) is 27.6 Å². The minimum absolute atomic E-state index is 0.0458. The van der Waals surface area contributed by atoms with Crippen LogP contribution in [0.3, 0.4) is 0 Å². The van der Waals surface area contributed by atoms with E-state index in [2.05, 4.69) is 9.97 Å². The number of nitrogens with one attached hydrogen (secondary N) is 1. The summed E-state index contributed by atoms with van der Waals surface area (Å²) in [5.74, 6) is -0.358. The van der Waals surface area contributed by atoms with Gasteiger partial charge in [0.2, 0.25) is 5.56 Å². The van der Waals surface area contributed by atoms with E-state index in [0.29, 0.717) is 28.1 Å². The van der Waals surface area contributed by atoms with Crippen molar-refractivity contribution in [1.82, 2.24) is 9.97 Å². The number of aliphatic hydroxyl groups is 1. The van der Waals surface area contributed by atoms with Crippen molar-refractivity contribution in [2.45, 2.75) is 6.42 Å². The van der Waals surface area contributed by atoms with Crippen LogP contribution in [0.15, 0.2) is 45.9 Å². The van der Waals surface area contributed by atoms with Crippen LogP contribution < -0.4 is 17.0 Å². The Hall–Kier alpha value is -3.39. The molecule has 128 valence electrons. The number of amides is 1. The Labute approximate surface area is 142 Å². The third-order valence-corrected chi connectivity index (χ3v) is 3.76. The molecule has 0 aliphatic rings. The molecule has 0 radical (unpaired) electrons. The van der Waals surface area contributed by atoms with E-state index in [9.17, 15) is 14.7 Å². The van der Waals surface area contributed by atoms with Gasteiger partial charge in [0, 0.05) is 30.0 Å². The van der Waals surface area contributed by atoms with Crippen molar-refractivity contribution >= 4 is 11.7 Å². The molecule has 0 aliphatic heterocycles. The molecule has 0 spiro atoms. The normalized spacial score (nSPS) is 10.8. The lowest BCUT2D eigenvalue weighted by Gasteiger charge is -2.17. The van der Waals surface area contributed by atoms with Gasteiger partial charge in [-0.1, -0.05) is 0 Å². The van der Waals surface area contributed by atoms with E-state index in [0.717, 1.165) is 0 Å². The number of primary amides is 1. The van der Waals surface area contributed by atoms with E-state index in [-0.39, 0.29) is 30.0 Å². The molecule has 0 saturated heterocycles. The maximum Gasteiger partial charge on any atom is 0.252 e. The van der Waals surface area contributed by atoms with Gasteiger partial charge in [0.15, 0.2) is 5.76 Å². The van der Waals surface area contributed by atoms with E-state index >= 15 is 0 Å². The minimum atomic E-state index is -0.745. The molecule has 0 fully saturated rings. The summed E-state index contributed by atoms with van der Waals surface area (Å²) in [6, 6.07) is 6.33. The highest BCUT2D eigenvalue weighted by Crippen LogP contribution is 2.37. The molecule has 3 heterocycles. The second-order valence-electron chi connectivity index (χ2n) is 5.33. The summed E-state index contributed by atoms with van der Waals surface area (Å²) in [6.07, 6.45) is 3.11. The molecular formula is C17H16N4O4. The van der Waals surface area contributed by atoms with Crippen molar-refractivity contribution in [1.29, 1.82) is 0 Å². The molecule has 8 nitrogen and oxygen atoms in total. The number of hydrogen-bond acceptors (Lipinski definition) is 6. The van der Waals surface area contributed by atoms with Gasteiger partial charge in [-0.05, 0) is 30.2 Å². The number of H-pyrrole nitrogens is 1. The maximum absolute atomic E-state index is 11.9. The molecule has 0 aromatic carbocycles. The zero-order valence-corrected chi connectivity index (χ0v) is 13.2. The lowest BCUT2D eigenvalue weighted by atomic mass is 9.92. The number of furan rings is 1. The molecule has 0 atom stereocenters. The third-order valence-electron chi connectivity index (χ3n) is 3.76. The lowest BCUT2D eigenvalue weighted by molar-refractivity contribution is 0.1000. The number of rotatable bonds is 5. The van der Waals surface area contributed by atoms with Crippen molar-refractivity contribution < 1.29 is 14.3 Å². The number of aromatic amines is 1. The Kier molecular flexibility index (Phi) is 4.36. The number of carbonyl (C=O) groups is 1. The Morgan fingerprint density at radius 2 is 2.12 bits per heavy atom. The van der Waals surface area contributed by atoms with Crippen LogP contribution in [-0.2, 0) is 6.42 Å². The first-order valence-corrected chi connectivity index (χ1v) is 7.49. The number of nitrogen functional groups attached to an aromatic ring is 1. The molecule has 3 aromatic rings. The van der Waals surface area contributed by atoms with Gasteiger partial charge in [-0.3, -0.25) is 9.59 Å². The zero-order chi connectivity index (χ0) is 18.0. The minimum Gasteiger partial charge on any atom is -0.463 e. The summed E-state index contributed by atoms with van der Waals surface area (Å²) in [7, 11) is 0. The molecule has 25 heavy (non-hydrogen) atoms. The number of aliphatic hydroxyl groups excluding tert-OH is 1. The predicted octanol–water partition coefficient (Wildman–Crippen LogP) is 0.913. The van der Waals surface area contributed by atoms with Crippen LogP contribution in [0, 0.1) is 0 Å². The highest BCUT2D eigenvalue weighted by atomic mass is 16.3. The molecule has 0 aliphatic carbocycles. The van der Waals surface area contributed by atoms with Crippen LogP contribution >= 0.6 is 0 Å². The van der Waals surface area contributed by atoms with Gasteiger partial charge in [-0.25, -0.2) is 4.98 Å². The second-order valence-corrected chi connectivity index (χ2v) is 5.33. The fourth-order valence-electron chi connectivity index (χ4n) is 2.76. The van der Waals surface area contributed by atoms with Gasteiger partial charge in [0.05, 0.1) is 11.8 Å². The van der Waals surface area contributed by atoms with Crippen molar-refractivity contribution in [3.8, 4) is 22.6 Å². The van der Waals surface area contributed by atoms with Gasteiger partial charge in [0.25, 0.3) is 5.91 Å². The van der Waals surface area contributed by atoms with Crippen LogP contribution in [0.4, 0.5) is 5.82 Å². The molecule has 3 rings (SSSR count). The fraction of sp³-hybridized carbons (Fsp3) is 0.118.